The lowest BCUT2D eigenvalue weighted by Gasteiger charge is -2.12. The number of benzene rings is 1. The lowest BCUT2D eigenvalue weighted by Crippen LogP contribution is -2.34. The van der Waals surface area contributed by atoms with E-state index in [4.69, 9.17) is 17.0 Å². The van der Waals surface area contributed by atoms with Crippen LogP contribution in [0.15, 0.2) is 36.4 Å². The first-order valence-electron chi connectivity index (χ1n) is 7.08. The van der Waals surface area contributed by atoms with Gasteiger partial charge in [0.2, 0.25) is 0 Å². The van der Waals surface area contributed by atoms with Gasteiger partial charge in [-0.25, -0.2) is 0 Å². The Labute approximate surface area is 129 Å². The van der Waals surface area contributed by atoms with E-state index < -0.39 is 0 Å². The second-order valence-corrected chi connectivity index (χ2v) is 5.41. The van der Waals surface area contributed by atoms with Gasteiger partial charge in [0.25, 0.3) is 0 Å². The SMILES string of the molecule is S=C(NCC1CCCO1)Nc1cc(-c2ccccc2)[nH]n1. The summed E-state index contributed by atoms with van der Waals surface area (Å²) in [6.07, 6.45) is 2.49. The van der Waals surface area contributed by atoms with E-state index in [1.165, 1.54) is 0 Å². The minimum absolute atomic E-state index is 0.267. The van der Waals surface area contributed by atoms with Crippen LogP contribution in [-0.2, 0) is 4.74 Å². The zero-order valence-electron chi connectivity index (χ0n) is 11.6. The van der Waals surface area contributed by atoms with Crippen LogP contribution in [0.1, 0.15) is 12.8 Å². The molecule has 1 aromatic carbocycles. The third-order valence-corrected chi connectivity index (χ3v) is 3.66. The van der Waals surface area contributed by atoms with Crippen molar-refractivity contribution in [3.63, 3.8) is 0 Å². The predicted octanol–water partition coefficient (Wildman–Crippen LogP) is 2.54. The van der Waals surface area contributed by atoms with Crippen LogP contribution < -0.4 is 10.6 Å². The van der Waals surface area contributed by atoms with Gasteiger partial charge in [-0.3, -0.25) is 5.10 Å². The van der Waals surface area contributed by atoms with Gasteiger partial charge in [0.1, 0.15) is 0 Å². The Bertz CT molecular complexity index is 593. The lowest BCUT2D eigenvalue weighted by atomic mass is 10.2. The third kappa shape index (κ3) is 3.80. The Kier molecular flexibility index (Phi) is 4.47. The average molecular weight is 302 g/mol. The van der Waals surface area contributed by atoms with Gasteiger partial charge in [0.05, 0.1) is 11.8 Å². The van der Waals surface area contributed by atoms with E-state index in [1.807, 2.05) is 36.4 Å². The first-order valence-corrected chi connectivity index (χ1v) is 7.49. The summed E-state index contributed by atoms with van der Waals surface area (Å²) in [7, 11) is 0. The maximum atomic E-state index is 5.54. The summed E-state index contributed by atoms with van der Waals surface area (Å²) < 4.78 is 5.54. The number of hydrogen-bond donors (Lipinski definition) is 3. The smallest absolute Gasteiger partial charge is 0.172 e. The van der Waals surface area contributed by atoms with Crippen LogP contribution in [0.4, 0.5) is 5.82 Å². The monoisotopic (exact) mass is 302 g/mol. The molecule has 0 bridgehead atoms. The fourth-order valence-electron chi connectivity index (χ4n) is 2.32. The number of rotatable bonds is 4. The Morgan fingerprint density at radius 1 is 1.38 bits per heavy atom. The van der Waals surface area contributed by atoms with Gasteiger partial charge < -0.3 is 15.4 Å². The molecule has 6 heteroatoms. The molecule has 0 radical (unpaired) electrons. The number of nitrogens with zero attached hydrogens (tertiary/aromatic N) is 1. The molecule has 110 valence electrons. The number of hydrogen-bond acceptors (Lipinski definition) is 3. The van der Waals surface area contributed by atoms with Crippen molar-refractivity contribution in [3.8, 4) is 11.3 Å². The number of ether oxygens (including phenoxy) is 1. The molecule has 2 heterocycles. The molecule has 1 aliphatic rings. The second kappa shape index (κ2) is 6.69. The van der Waals surface area contributed by atoms with Crippen molar-refractivity contribution in [2.75, 3.05) is 18.5 Å². The van der Waals surface area contributed by atoms with Gasteiger partial charge in [-0.2, -0.15) is 5.10 Å². The van der Waals surface area contributed by atoms with E-state index in [0.29, 0.717) is 10.9 Å². The molecule has 1 fully saturated rings. The van der Waals surface area contributed by atoms with Crippen LogP contribution >= 0.6 is 12.2 Å². The third-order valence-electron chi connectivity index (χ3n) is 3.42. The van der Waals surface area contributed by atoms with E-state index in [2.05, 4.69) is 20.8 Å². The maximum absolute atomic E-state index is 5.54. The van der Waals surface area contributed by atoms with Crippen LogP contribution in [0.3, 0.4) is 0 Å². The molecule has 2 aromatic rings. The van der Waals surface area contributed by atoms with Gasteiger partial charge in [-0.05, 0) is 30.6 Å². The van der Waals surface area contributed by atoms with Crippen molar-refractivity contribution < 1.29 is 4.74 Å². The Morgan fingerprint density at radius 3 is 3.00 bits per heavy atom. The van der Waals surface area contributed by atoms with Crippen molar-refractivity contribution in [2.24, 2.45) is 0 Å². The van der Waals surface area contributed by atoms with Crippen LogP contribution in [0.2, 0.25) is 0 Å². The summed E-state index contributed by atoms with van der Waals surface area (Å²) in [6.45, 7) is 1.59. The molecule has 1 atom stereocenters. The molecule has 1 unspecified atom stereocenters. The zero-order valence-corrected chi connectivity index (χ0v) is 12.5. The number of nitrogens with one attached hydrogen (secondary N) is 3. The van der Waals surface area contributed by atoms with E-state index in [9.17, 15) is 0 Å². The summed E-state index contributed by atoms with van der Waals surface area (Å²) in [5.74, 6) is 0.707. The molecule has 3 N–H and O–H groups in total. The molecule has 0 amide bonds. The summed E-state index contributed by atoms with van der Waals surface area (Å²) in [4.78, 5) is 0. The largest absolute Gasteiger partial charge is 0.376 e. The highest BCUT2D eigenvalue weighted by molar-refractivity contribution is 7.80. The minimum atomic E-state index is 0.267. The Hall–Kier alpha value is -1.92. The highest BCUT2D eigenvalue weighted by Gasteiger charge is 2.15. The molecule has 5 nitrogen and oxygen atoms in total. The fourth-order valence-corrected chi connectivity index (χ4v) is 2.51. The Morgan fingerprint density at radius 2 is 2.24 bits per heavy atom. The standard InChI is InChI=1S/C15H18N4OS/c21-15(16-10-12-7-4-8-20-12)17-14-9-13(18-19-14)11-5-2-1-3-6-11/h1-3,5-6,9,12H,4,7-8,10H2,(H3,16,17,18,19,21). The first-order chi connectivity index (χ1) is 10.3. The molecular formula is C15H18N4OS. The van der Waals surface area contributed by atoms with E-state index >= 15 is 0 Å². The normalized spacial score (nSPS) is 17.6. The van der Waals surface area contributed by atoms with Crippen LogP contribution in [-0.4, -0.2) is 34.6 Å². The fraction of sp³-hybridized carbons (Fsp3) is 0.333. The lowest BCUT2D eigenvalue weighted by molar-refractivity contribution is 0.114. The van der Waals surface area contributed by atoms with Gasteiger partial charge >= 0.3 is 0 Å². The molecular weight excluding hydrogens is 284 g/mol. The molecule has 1 aliphatic heterocycles. The van der Waals surface area contributed by atoms with Crippen molar-refractivity contribution in [1.29, 1.82) is 0 Å². The minimum Gasteiger partial charge on any atom is -0.376 e. The zero-order chi connectivity index (χ0) is 14.5. The van der Waals surface area contributed by atoms with Crippen molar-refractivity contribution in [2.45, 2.75) is 18.9 Å². The quantitative estimate of drug-likeness (QED) is 0.758. The van der Waals surface area contributed by atoms with Crippen molar-refractivity contribution >= 4 is 23.1 Å². The highest BCUT2D eigenvalue weighted by Crippen LogP contribution is 2.19. The summed E-state index contributed by atoms with van der Waals surface area (Å²) in [5.41, 5.74) is 2.05. The molecule has 0 saturated carbocycles. The first kappa shape index (κ1) is 14.0. The molecule has 1 aromatic heterocycles. The molecule has 1 saturated heterocycles. The van der Waals surface area contributed by atoms with Gasteiger partial charge in [-0.1, -0.05) is 30.3 Å². The summed E-state index contributed by atoms with van der Waals surface area (Å²) in [6, 6.07) is 12.0. The summed E-state index contributed by atoms with van der Waals surface area (Å²) in [5, 5.41) is 14.0. The van der Waals surface area contributed by atoms with Crippen LogP contribution in [0, 0.1) is 0 Å². The van der Waals surface area contributed by atoms with Crippen LogP contribution in [0.5, 0.6) is 0 Å². The molecule has 21 heavy (non-hydrogen) atoms. The second-order valence-electron chi connectivity index (χ2n) is 5.00. The Balaban J connectivity index is 1.53. The maximum Gasteiger partial charge on any atom is 0.172 e. The van der Waals surface area contributed by atoms with E-state index in [1.54, 1.807) is 0 Å². The highest BCUT2D eigenvalue weighted by atomic mass is 32.1. The average Bonchev–Trinajstić information content (AvgIpc) is 3.17. The van der Waals surface area contributed by atoms with Crippen LogP contribution in [0.25, 0.3) is 11.3 Å². The molecule has 0 spiro atoms. The van der Waals surface area contributed by atoms with Crippen molar-refractivity contribution in [1.82, 2.24) is 15.5 Å². The van der Waals surface area contributed by atoms with Gasteiger partial charge in [0.15, 0.2) is 10.9 Å². The number of aromatic amines is 1. The number of aromatic nitrogens is 2. The number of anilines is 1. The number of thiocarbonyl (C=S) groups is 1. The number of H-pyrrole nitrogens is 1. The van der Waals surface area contributed by atoms with Gasteiger partial charge in [0, 0.05) is 19.2 Å². The molecule has 3 rings (SSSR count). The predicted molar refractivity (Wildman–Crippen MR) is 87.2 cm³/mol. The van der Waals surface area contributed by atoms with E-state index in [0.717, 1.165) is 37.3 Å². The van der Waals surface area contributed by atoms with Gasteiger partial charge in [-0.15, -0.1) is 0 Å². The topological polar surface area (TPSA) is 62.0 Å². The molecule has 0 aliphatic carbocycles. The van der Waals surface area contributed by atoms with E-state index in [-0.39, 0.29) is 6.10 Å². The summed E-state index contributed by atoms with van der Waals surface area (Å²) >= 11 is 5.26. The van der Waals surface area contributed by atoms with Crippen molar-refractivity contribution in [3.05, 3.63) is 36.4 Å².